The Kier molecular flexibility index (Phi) is 6.16. The molecule has 0 saturated heterocycles. The first-order valence-corrected chi connectivity index (χ1v) is 9.38. The van der Waals surface area contributed by atoms with Crippen LogP contribution in [-0.2, 0) is 0 Å². The minimum atomic E-state index is -0.291. The van der Waals surface area contributed by atoms with Gasteiger partial charge in [-0.15, -0.1) is 0 Å². The lowest BCUT2D eigenvalue weighted by Gasteiger charge is -2.10. The molecule has 2 aromatic carbocycles. The fourth-order valence-electron chi connectivity index (χ4n) is 2.99. The number of carbonyl (C=O) groups is 1. The quantitative estimate of drug-likeness (QED) is 0.476. The highest BCUT2D eigenvalue weighted by Crippen LogP contribution is 2.21. The Morgan fingerprint density at radius 3 is 2.61 bits per heavy atom. The van der Waals surface area contributed by atoms with Crippen molar-refractivity contribution in [1.82, 2.24) is 9.99 Å². The molecule has 3 rings (SSSR count). The lowest BCUT2D eigenvalue weighted by molar-refractivity contribution is 0.0955. The van der Waals surface area contributed by atoms with Crippen LogP contribution in [0.1, 0.15) is 34.2 Å². The monoisotopic (exact) mass is 395 g/mol. The van der Waals surface area contributed by atoms with Crippen LogP contribution in [0.5, 0.6) is 5.75 Å². The number of hydrogen-bond acceptors (Lipinski definition) is 3. The van der Waals surface area contributed by atoms with Crippen LogP contribution in [0.25, 0.3) is 5.69 Å². The highest BCUT2D eigenvalue weighted by atomic mass is 35.5. The van der Waals surface area contributed by atoms with Gasteiger partial charge in [0, 0.05) is 33.2 Å². The van der Waals surface area contributed by atoms with Crippen LogP contribution in [0.15, 0.2) is 59.7 Å². The van der Waals surface area contributed by atoms with Crippen LogP contribution in [0, 0.1) is 13.8 Å². The Hall–Kier alpha value is -3.05. The van der Waals surface area contributed by atoms with Crippen molar-refractivity contribution in [3.8, 4) is 11.4 Å². The van der Waals surface area contributed by atoms with Crippen molar-refractivity contribution in [2.45, 2.75) is 20.8 Å². The molecule has 3 aromatic rings. The van der Waals surface area contributed by atoms with E-state index in [9.17, 15) is 4.79 Å². The smallest absolute Gasteiger partial charge is 0.271 e. The first-order chi connectivity index (χ1) is 13.5. The Morgan fingerprint density at radius 1 is 1.14 bits per heavy atom. The van der Waals surface area contributed by atoms with Crippen molar-refractivity contribution in [2.75, 3.05) is 6.61 Å². The fraction of sp³-hybridized carbons (Fsp3) is 0.182. The number of hydrazone groups is 1. The van der Waals surface area contributed by atoms with Crippen molar-refractivity contribution < 1.29 is 9.53 Å². The summed E-state index contributed by atoms with van der Waals surface area (Å²) in [5, 5.41) is 4.63. The third-order valence-electron chi connectivity index (χ3n) is 4.28. The number of hydrogen-bond donors (Lipinski definition) is 1. The summed E-state index contributed by atoms with van der Waals surface area (Å²) in [5.41, 5.74) is 6.94. The first-order valence-electron chi connectivity index (χ1n) is 9.00. The minimum absolute atomic E-state index is 0.291. The molecule has 0 fully saturated rings. The van der Waals surface area contributed by atoms with E-state index in [2.05, 4.69) is 15.1 Å². The number of ether oxygens (including phenoxy) is 1. The van der Waals surface area contributed by atoms with Crippen LogP contribution in [0.4, 0.5) is 0 Å². The second-order valence-corrected chi connectivity index (χ2v) is 6.75. The van der Waals surface area contributed by atoms with Crippen molar-refractivity contribution in [1.29, 1.82) is 0 Å². The van der Waals surface area contributed by atoms with E-state index in [1.165, 1.54) is 6.21 Å². The largest absolute Gasteiger partial charge is 0.493 e. The molecule has 1 N–H and O–H groups in total. The van der Waals surface area contributed by atoms with E-state index in [0.29, 0.717) is 28.5 Å². The lowest BCUT2D eigenvalue weighted by Crippen LogP contribution is -2.18. The molecule has 0 atom stereocenters. The third kappa shape index (κ3) is 4.43. The zero-order chi connectivity index (χ0) is 20.1. The number of nitrogens with zero attached hydrogens (tertiary/aromatic N) is 2. The van der Waals surface area contributed by atoms with Gasteiger partial charge in [-0.25, -0.2) is 5.43 Å². The molecule has 144 valence electrons. The summed E-state index contributed by atoms with van der Waals surface area (Å²) >= 11 is 6.04. The fourth-order valence-corrected chi connectivity index (χ4v) is 3.17. The average molecular weight is 396 g/mol. The van der Waals surface area contributed by atoms with Gasteiger partial charge in [0.25, 0.3) is 5.91 Å². The number of carbonyl (C=O) groups excluding carboxylic acids is 1. The van der Waals surface area contributed by atoms with Gasteiger partial charge >= 0.3 is 0 Å². The van der Waals surface area contributed by atoms with Crippen LogP contribution < -0.4 is 10.2 Å². The molecule has 0 aliphatic carbocycles. The molecular weight excluding hydrogens is 374 g/mol. The van der Waals surface area contributed by atoms with Crippen LogP contribution >= 0.6 is 11.6 Å². The highest BCUT2D eigenvalue weighted by Gasteiger charge is 2.09. The zero-order valence-corrected chi connectivity index (χ0v) is 16.8. The highest BCUT2D eigenvalue weighted by molar-refractivity contribution is 6.30. The van der Waals surface area contributed by atoms with Gasteiger partial charge in [0.1, 0.15) is 5.75 Å². The van der Waals surface area contributed by atoms with E-state index in [0.717, 1.165) is 17.1 Å². The summed E-state index contributed by atoms with van der Waals surface area (Å²) < 4.78 is 7.65. The van der Waals surface area contributed by atoms with Gasteiger partial charge in [0.05, 0.1) is 12.8 Å². The van der Waals surface area contributed by atoms with E-state index < -0.39 is 0 Å². The minimum Gasteiger partial charge on any atom is -0.493 e. The molecule has 1 aromatic heterocycles. The van der Waals surface area contributed by atoms with Gasteiger partial charge in [-0.3, -0.25) is 4.79 Å². The summed E-state index contributed by atoms with van der Waals surface area (Å²) in [5.74, 6) is 0.367. The van der Waals surface area contributed by atoms with Crippen molar-refractivity contribution >= 4 is 23.7 Å². The van der Waals surface area contributed by atoms with Crippen LogP contribution in [-0.4, -0.2) is 23.3 Å². The number of rotatable bonds is 6. The molecule has 0 radical (unpaired) electrons. The molecule has 5 nitrogen and oxygen atoms in total. The van der Waals surface area contributed by atoms with Crippen molar-refractivity contribution in [3.05, 3.63) is 82.1 Å². The number of aryl methyl sites for hydroxylation is 2. The van der Waals surface area contributed by atoms with E-state index >= 15 is 0 Å². The maximum absolute atomic E-state index is 12.5. The average Bonchev–Trinajstić information content (AvgIpc) is 3.02. The molecule has 28 heavy (non-hydrogen) atoms. The second-order valence-electron chi connectivity index (χ2n) is 6.32. The Balaban J connectivity index is 1.77. The number of halogens is 1. The predicted molar refractivity (Wildman–Crippen MR) is 113 cm³/mol. The van der Waals surface area contributed by atoms with Gasteiger partial charge in [-0.2, -0.15) is 5.10 Å². The molecule has 1 amide bonds. The molecule has 1 heterocycles. The third-order valence-corrected chi connectivity index (χ3v) is 4.51. The normalized spacial score (nSPS) is 11.0. The van der Waals surface area contributed by atoms with Crippen molar-refractivity contribution in [3.63, 3.8) is 0 Å². The molecule has 0 aliphatic rings. The van der Waals surface area contributed by atoms with Crippen LogP contribution in [0.2, 0.25) is 5.02 Å². The Labute approximate surface area is 169 Å². The summed E-state index contributed by atoms with van der Waals surface area (Å²) in [6.07, 6.45) is 1.53. The number of benzene rings is 2. The van der Waals surface area contributed by atoms with Crippen LogP contribution in [0.3, 0.4) is 0 Å². The topological polar surface area (TPSA) is 55.6 Å². The zero-order valence-electron chi connectivity index (χ0n) is 16.1. The van der Waals surface area contributed by atoms with E-state index in [1.54, 1.807) is 24.3 Å². The number of nitrogens with one attached hydrogen (secondary N) is 1. The van der Waals surface area contributed by atoms with Gasteiger partial charge in [-0.05, 0) is 69.3 Å². The molecule has 0 saturated carbocycles. The predicted octanol–water partition coefficient (Wildman–Crippen LogP) is 4.91. The van der Waals surface area contributed by atoms with Gasteiger partial charge in [-0.1, -0.05) is 17.7 Å². The summed E-state index contributed by atoms with van der Waals surface area (Å²) in [4.78, 5) is 12.5. The number of aromatic nitrogens is 1. The van der Waals surface area contributed by atoms with Gasteiger partial charge in [0.2, 0.25) is 0 Å². The van der Waals surface area contributed by atoms with E-state index in [-0.39, 0.29) is 5.91 Å². The summed E-state index contributed by atoms with van der Waals surface area (Å²) in [6.45, 7) is 6.49. The molecule has 0 unspecified atom stereocenters. The molecule has 0 spiro atoms. The Morgan fingerprint density at radius 2 is 1.89 bits per heavy atom. The summed E-state index contributed by atoms with van der Waals surface area (Å²) in [6, 6.07) is 16.8. The second kappa shape index (κ2) is 8.76. The van der Waals surface area contributed by atoms with Crippen molar-refractivity contribution in [2.24, 2.45) is 5.10 Å². The Bertz CT molecular complexity index is 1000. The molecule has 0 aliphatic heterocycles. The van der Waals surface area contributed by atoms with E-state index in [4.69, 9.17) is 16.3 Å². The summed E-state index contributed by atoms with van der Waals surface area (Å²) in [7, 11) is 0. The molecule has 6 heteroatoms. The van der Waals surface area contributed by atoms with Gasteiger partial charge < -0.3 is 9.30 Å². The van der Waals surface area contributed by atoms with Gasteiger partial charge in [0.15, 0.2) is 0 Å². The number of amides is 1. The standard InChI is InChI=1S/C22H22ClN3O2/c1-4-28-21-11-10-19(23)12-18(21)14-24-25-22(27)17-6-5-7-20(13-17)26-15(2)8-9-16(26)3/h5-14H,4H2,1-3H3,(H,25,27)/b24-14-. The maximum atomic E-state index is 12.5. The van der Waals surface area contributed by atoms with E-state index in [1.807, 2.05) is 51.1 Å². The molecule has 0 bridgehead atoms. The first kappa shape index (κ1) is 19.7. The SMILES string of the molecule is CCOc1ccc(Cl)cc1/C=N\NC(=O)c1cccc(-n2c(C)ccc2C)c1. The lowest BCUT2D eigenvalue weighted by atomic mass is 10.2. The maximum Gasteiger partial charge on any atom is 0.271 e. The molecular formula is C22H22ClN3O2.